The minimum atomic E-state index is -1.56. The first-order valence-corrected chi connectivity index (χ1v) is 9.66. The number of hydrogen-bond acceptors (Lipinski definition) is 0. The van der Waals surface area contributed by atoms with Crippen molar-refractivity contribution in [1.82, 2.24) is 0 Å². The van der Waals surface area contributed by atoms with E-state index in [9.17, 15) is 0 Å². The second-order valence-electron chi connectivity index (χ2n) is 5.87. The van der Waals surface area contributed by atoms with Crippen molar-refractivity contribution in [3.05, 3.63) is 58.2 Å². The van der Waals surface area contributed by atoms with E-state index in [0.717, 1.165) is 0 Å². The molecule has 1 aliphatic rings. The Morgan fingerprint density at radius 3 is 1.56 bits per heavy atom. The minimum absolute atomic E-state index is 1.49. The first-order chi connectivity index (χ1) is 8.37. The summed E-state index contributed by atoms with van der Waals surface area (Å²) in [7, 11) is -1.56. The Labute approximate surface area is 112 Å². The summed E-state index contributed by atoms with van der Waals surface area (Å²) in [5, 5.41) is 1.53. The van der Waals surface area contributed by atoms with Crippen molar-refractivity contribution in [2.24, 2.45) is 0 Å². The summed E-state index contributed by atoms with van der Waals surface area (Å²) in [6.45, 7) is 14.0. The standard InChI is InChI=1S/C17H23Si/c1-12-13(2)15(4)17(14(12)3)18(5,6)16-10-8-7-9-11-16/h7-11H,1-6H3. The summed E-state index contributed by atoms with van der Waals surface area (Å²) in [5.41, 5.74) is 7.65. The van der Waals surface area contributed by atoms with Crippen LogP contribution >= 0.6 is 0 Å². The van der Waals surface area contributed by atoms with Gasteiger partial charge in [0.2, 0.25) is 0 Å². The smallest absolute Gasteiger partial charge is 0.0645 e. The van der Waals surface area contributed by atoms with Crippen molar-refractivity contribution in [3.63, 3.8) is 0 Å². The second kappa shape index (κ2) is 4.54. The molecule has 1 aromatic rings. The predicted molar refractivity (Wildman–Crippen MR) is 83.5 cm³/mol. The summed E-state index contributed by atoms with van der Waals surface area (Å²) in [4.78, 5) is 0. The molecule has 0 unspecified atom stereocenters. The Morgan fingerprint density at radius 2 is 1.11 bits per heavy atom. The summed E-state index contributed by atoms with van der Waals surface area (Å²) >= 11 is 0. The van der Waals surface area contributed by atoms with Gasteiger partial charge in [-0.05, 0) is 38.8 Å². The fourth-order valence-electron chi connectivity index (χ4n) is 3.16. The van der Waals surface area contributed by atoms with Crippen LogP contribution in [0.1, 0.15) is 27.7 Å². The molecule has 0 amide bonds. The van der Waals surface area contributed by atoms with Gasteiger partial charge in [-0.25, -0.2) is 0 Å². The molecule has 1 heteroatoms. The Balaban J connectivity index is 2.50. The van der Waals surface area contributed by atoms with Crippen LogP contribution in [0, 0.1) is 5.54 Å². The predicted octanol–water partition coefficient (Wildman–Crippen LogP) is 4.40. The quantitative estimate of drug-likeness (QED) is 0.687. The van der Waals surface area contributed by atoms with Gasteiger partial charge in [0.25, 0.3) is 0 Å². The van der Waals surface area contributed by atoms with Crippen LogP contribution < -0.4 is 5.19 Å². The molecule has 0 saturated carbocycles. The molecule has 0 heterocycles. The van der Waals surface area contributed by atoms with Crippen LogP contribution in [0.4, 0.5) is 0 Å². The van der Waals surface area contributed by atoms with Crippen LogP contribution in [-0.4, -0.2) is 8.07 Å². The van der Waals surface area contributed by atoms with Gasteiger partial charge in [-0.2, -0.15) is 0 Å². The lowest BCUT2D eigenvalue weighted by atomic mass is 10.1. The van der Waals surface area contributed by atoms with Crippen LogP contribution in [0.3, 0.4) is 0 Å². The summed E-state index contributed by atoms with van der Waals surface area (Å²) < 4.78 is 0. The zero-order valence-electron chi connectivity index (χ0n) is 12.4. The molecule has 0 bridgehead atoms. The van der Waals surface area contributed by atoms with Crippen molar-refractivity contribution < 1.29 is 0 Å². The normalized spacial score (nSPS) is 17.9. The van der Waals surface area contributed by atoms with Gasteiger partial charge in [-0.15, -0.1) is 0 Å². The minimum Gasteiger partial charge on any atom is -0.0645 e. The molecule has 1 aromatic carbocycles. The van der Waals surface area contributed by atoms with Gasteiger partial charge in [0.15, 0.2) is 0 Å². The molecule has 1 aliphatic carbocycles. The van der Waals surface area contributed by atoms with Gasteiger partial charge in [-0.3, -0.25) is 0 Å². The van der Waals surface area contributed by atoms with Crippen LogP contribution in [0.15, 0.2) is 52.6 Å². The van der Waals surface area contributed by atoms with E-state index < -0.39 is 8.07 Å². The third-order valence-corrected chi connectivity index (χ3v) is 8.33. The number of allylic oxidation sites excluding steroid dienone is 4. The van der Waals surface area contributed by atoms with Crippen molar-refractivity contribution in [1.29, 1.82) is 0 Å². The van der Waals surface area contributed by atoms with Gasteiger partial charge in [-0.1, -0.05) is 59.8 Å². The molecular weight excluding hydrogens is 232 g/mol. The lowest BCUT2D eigenvalue weighted by Crippen LogP contribution is -2.48. The monoisotopic (exact) mass is 255 g/mol. The molecule has 0 fully saturated rings. The van der Waals surface area contributed by atoms with Crippen LogP contribution in [0.25, 0.3) is 0 Å². The Morgan fingerprint density at radius 1 is 0.667 bits per heavy atom. The van der Waals surface area contributed by atoms with E-state index in [2.05, 4.69) is 71.1 Å². The molecular formula is C17H23Si. The molecule has 0 aromatic heterocycles. The van der Waals surface area contributed by atoms with Crippen LogP contribution in [-0.2, 0) is 0 Å². The van der Waals surface area contributed by atoms with Gasteiger partial charge < -0.3 is 0 Å². The van der Waals surface area contributed by atoms with Crippen LogP contribution in [0.5, 0.6) is 0 Å². The third-order valence-electron chi connectivity index (χ3n) is 4.56. The second-order valence-corrected chi connectivity index (χ2v) is 10.2. The SMILES string of the molecule is CC1=C(C)C(C)=C(C)[C]1[Si](C)(C)c1ccccc1. The maximum Gasteiger partial charge on any atom is 0.0965 e. The van der Waals surface area contributed by atoms with Crippen molar-refractivity contribution in [2.45, 2.75) is 40.8 Å². The third kappa shape index (κ3) is 1.91. The van der Waals surface area contributed by atoms with E-state index in [1.54, 1.807) is 5.54 Å². The largest absolute Gasteiger partial charge is 0.0965 e. The molecule has 0 atom stereocenters. The molecule has 95 valence electrons. The Kier molecular flexibility index (Phi) is 3.37. The topological polar surface area (TPSA) is 0 Å². The maximum atomic E-state index is 2.47. The molecule has 0 saturated heterocycles. The van der Waals surface area contributed by atoms with Crippen LogP contribution in [0.2, 0.25) is 13.1 Å². The van der Waals surface area contributed by atoms with Gasteiger partial charge in [0, 0.05) is 5.54 Å². The number of rotatable bonds is 2. The molecule has 0 spiro atoms. The van der Waals surface area contributed by atoms with E-state index >= 15 is 0 Å². The fourth-order valence-corrected chi connectivity index (χ4v) is 6.72. The first-order valence-electron chi connectivity index (χ1n) is 6.66. The Bertz CT molecular complexity index is 494. The summed E-state index contributed by atoms with van der Waals surface area (Å²) in [6, 6.07) is 11.0. The highest BCUT2D eigenvalue weighted by molar-refractivity contribution is 6.95. The first kappa shape index (κ1) is 13.4. The lowest BCUT2D eigenvalue weighted by molar-refractivity contribution is 1.26. The molecule has 0 aliphatic heterocycles. The molecule has 2 rings (SSSR count). The summed E-state index contributed by atoms with van der Waals surface area (Å²) in [6.07, 6.45) is 0. The van der Waals surface area contributed by atoms with E-state index in [1.807, 2.05) is 0 Å². The molecule has 0 nitrogen and oxygen atoms in total. The number of hydrogen-bond donors (Lipinski definition) is 0. The molecule has 18 heavy (non-hydrogen) atoms. The fraction of sp³-hybridized carbons (Fsp3) is 0.353. The lowest BCUT2D eigenvalue weighted by Gasteiger charge is -2.32. The van der Waals surface area contributed by atoms with Gasteiger partial charge in [0.05, 0.1) is 8.07 Å². The Hall–Kier alpha value is -1.08. The van der Waals surface area contributed by atoms with Crippen molar-refractivity contribution in [2.75, 3.05) is 0 Å². The van der Waals surface area contributed by atoms with E-state index in [0.29, 0.717) is 0 Å². The van der Waals surface area contributed by atoms with E-state index in [1.165, 1.54) is 27.5 Å². The summed E-state index contributed by atoms with van der Waals surface area (Å²) in [5.74, 6) is 0. The van der Waals surface area contributed by atoms with Crippen molar-refractivity contribution in [3.8, 4) is 0 Å². The highest BCUT2D eigenvalue weighted by Crippen LogP contribution is 2.43. The molecule has 1 radical (unpaired) electrons. The maximum absolute atomic E-state index is 2.47. The highest BCUT2D eigenvalue weighted by atomic mass is 28.3. The van der Waals surface area contributed by atoms with E-state index in [4.69, 9.17) is 0 Å². The zero-order valence-corrected chi connectivity index (χ0v) is 13.4. The number of benzene rings is 1. The zero-order chi connectivity index (χ0) is 13.5. The van der Waals surface area contributed by atoms with Gasteiger partial charge in [0.1, 0.15) is 0 Å². The average molecular weight is 255 g/mol. The average Bonchev–Trinajstić information content (AvgIpc) is 2.55. The highest BCUT2D eigenvalue weighted by Gasteiger charge is 2.40. The molecule has 0 N–H and O–H groups in total. The van der Waals surface area contributed by atoms with Gasteiger partial charge >= 0.3 is 0 Å². The van der Waals surface area contributed by atoms with E-state index in [-0.39, 0.29) is 0 Å². The van der Waals surface area contributed by atoms with Crippen molar-refractivity contribution >= 4 is 13.3 Å².